The Labute approximate surface area is 116 Å². The van der Waals surface area contributed by atoms with Crippen LogP contribution in [0.25, 0.3) is 0 Å². The van der Waals surface area contributed by atoms with Gasteiger partial charge in [-0.25, -0.2) is 8.42 Å². The summed E-state index contributed by atoms with van der Waals surface area (Å²) in [6.07, 6.45) is 2.05. The van der Waals surface area contributed by atoms with Crippen LogP contribution >= 0.6 is 8.96 Å². The third-order valence-corrected chi connectivity index (χ3v) is 6.77. The van der Waals surface area contributed by atoms with Crippen LogP contribution in [0, 0.1) is 6.92 Å². The lowest BCUT2D eigenvalue weighted by molar-refractivity contribution is 0.236. The summed E-state index contributed by atoms with van der Waals surface area (Å²) in [5, 5.41) is 0. The van der Waals surface area contributed by atoms with Crippen molar-refractivity contribution in [2.45, 2.75) is 36.8 Å². The van der Waals surface area contributed by atoms with Crippen molar-refractivity contribution in [1.29, 1.82) is 0 Å². The zero-order valence-corrected chi connectivity index (χ0v) is 12.7. The van der Waals surface area contributed by atoms with E-state index in [-0.39, 0.29) is 11.9 Å². The minimum absolute atomic E-state index is 0.101. The van der Waals surface area contributed by atoms with E-state index in [2.05, 4.69) is 4.67 Å². The first-order valence-electron chi connectivity index (χ1n) is 6.54. The van der Waals surface area contributed by atoms with Gasteiger partial charge in [0.05, 0.1) is 25.7 Å². The predicted octanol–water partition coefficient (Wildman–Crippen LogP) is 2.14. The highest BCUT2D eigenvalue weighted by Gasteiger charge is 2.41. The highest BCUT2D eigenvalue weighted by atomic mass is 32.2. The van der Waals surface area contributed by atoms with Crippen LogP contribution < -0.4 is 0 Å². The number of aryl methyl sites for hydroxylation is 1. The molecule has 2 aliphatic heterocycles. The number of fused-ring (bicyclic) bond motifs is 1. The van der Waals surface area contributed by atoms with Crippen LogP contribution in [0.3, 0.4) is 0 Å². The van der Waals surface area contributed by atoms with Crippen molar-refractivity contribution in [3.8, 4) is 0 Å². The van der Waals surface area contributed by atoms with Gasteiger partial charge in [-0.1, -0.05) is 17.7 Å². The van der Waals surface area contributed by atoms with E-state index in [1.165, 1.54) is 0 Å². The van der Waals surface area contributed by atoms with E-state index >= 15 is 0 Å². The summed E-state index contributed by atoms with van der Waals surface area (Å²) >= 11 is 0. The first kappa shape index (κ1) is 13.5. The second-order valence-electron chi connectivity index (χ2n) is 5.25. The SMILES string of the molecule is Cc1ccc(S(=O)(=O)CC2OPN3CCCC23)cc1. The van der Waals surface area contributed by atoms with Gasteiger partial charge in [-0.3, -0.25) is 4.67 Å². The molecule has 2 fully saturated rings. The first-order valence-corrected chi connectivity index (χ1v) is 9.04. The minimum Gasteiger partial charge on any atom is -0.340 e. The lowest BCUT2D eigenvalue weighted by Crippen LogP contribution is -2.33. The van der Waals surface area contributed by atoms with Gasteiger partial charge in [0.25, 0.3) is 0 Å². The fraction of sp³-hybridized carbons (Fsp3) is 0.538. The van der Waals surface area contributed by atoms with Crippen LogP contribution in [0.5, 0.6) is 0 Å². The van der Waals surface area contributed by atoms with Crippen LogP contribution in [0.1, 0.15) is 18.4 Å². The molecular formula is C13H18NO3PS. The number of rotatable bonds is 3. The fourth-order valence-corrected chi connectivity index (χ4v) is 5.49. The van der Waals surface area contributed by atoms with E-state index in [1.807, 2.05) is 19.1 Å². The summed E-state index contributed by atoms with van der Waals surface area (Å²) in [6.45, 7) is 3.00. The first-order chi connectivity index (χ1) is 9.06. The van der Waals surface area contributed by atoms with Crippen molar-refractivity contribution < 1.29 is 12.9 Å². The van der Waals surface area contributed by atoms with Gasteiger partial charge >= 0.3 is 0 Å². The number of benzene rings is 1. The number of hydrogen-bond acceptors (Lipinski definition) is 4. The Hall–Kier alpha value is -0.480. The summed E-state index contributed by atoms with van der Waals surface area (Å²) in [7, 11) is -2.91. The molecule has 2 aliphatic rings. The van der Waals surface area contributed by atoms with E-state index in [0.29, 0.717) is 19.9 Å². The van der Waals surface area contributed by atoms with Crippen LogP contribution in [-0.2, 0) is 14.4 Å². The van der Waals surface area contributed by atoms with Crippen molar-refractivity contribution in [3.05, 3.63) is 29.8 Å². The lowest BCUT2D eigenvalue weighted by atomic mass is 10.1. The van der Waals surface area contributed by atoms with Gasteiger partial charge in [0.15, 0.2) is 9.84 Å². The molecule has 0 saturated carbocycles. The Balaban J connectivity index is 1.76. The molecule has 6 heteroatoms. The number of nitrogens with zero attached hydrogens (tertiary/aromatic N) is 1. The second kappa shape index (κ2) is 5.13. The molecule has 2 heterocycles. The third-order valence-electron chi connectivity index (χ3n) is 3.81. The molecule has 0 aliphatic carbocycles. The quantitative estimate of drug-likeness (QED) is 0.802. The standard InChI is InChI=1S/C13H18NO3PS/c1-10-4-6-11(7-5-10)19(15,16)9-13-12-3-2-8-14(12)18-17-13/h4-7,12-13,18H,2-3,8-9H2,1H3. The lowest BCUT2D eigenvalue weighted by Gasteiger charge is -2.17. The highest BCUT2D eigenvalue weighted by Crippen LogP contribution is 2.42. The molecule has 4 nitrogen and oxygen atoms in total. The molecule has 1 aromatic carbocycles. The smallest absolute Gasteiger partial charge is 0.180 e. The summed E-state index contributed by atoms with van der Waals surface area (Å²) in [6, 6.07) is 7.36. The molecule has 3 rings (SSSR count). The van der Waals surface area contributed by atoms with E-state index in [0.717, 1.165) is 24.9 Å². The third kappa shape index (κ3) is 2.70. The summed E-state index contributed by atoms with van der Waals surface area (Å²) in [5.41, 5.74) is 1.07. The molecule has 1 aromatic rings. The minimum atomic E-state index is -3.25. The average Bonchev–Trinajstić information content (AvgIpc) is 2.95. The van der Waals surface area contributed by atoms with E-state index < -0.39 is 9.84 Å². The Morgan fingerprint density at radius 2 is 2.11 bits per heavy atom. The zero-order chi connectivity index (χ0) is 13.5. The normalized spacial score (nSPS) is 28.9. The molecule has 19 heavy (non-hydrogen) atoms. The van der Waals surface area contributed by atoms with Gasteiger partial charge in [0.1, 0.15) is 0 Å². The van der Waals surface area contributed by atoms with Gasteiger partial charge < -0.3 is 4.52 Å². The number of sulfone groups is 1. The Bertz CT molecular complexity index is 558. The maximum atomic E-state index is 12.4. The largest absolute Gasteiger partial charge is 0.340 e. The van der Waals surface area contributed by atoms with Crippen LogP contribution in [0.15, 0.2) is 29.2 Å². The van der Waals surface area contributed by atoms with Crippen molar-refractivity contribution in [1.82, 2.24) is 4.67 Å². The molecule has 0 amide bonds. The molecule has 0 radical (unpaired) electrons. The van der Waals surface area contributed by atoms with Crippen molar-refractivity contribution in [2.24, 2.45) is 0 Å². The second-order valence-corrected chi connectivity index (χ2v) is 8.27. The molecular weight excluding hydrogens is 281 g/mol. The topological polar surface area (TPSA) is 46.6 Å². The van der Waals surface area contributed by atoms with E-state index in [4.69, 9.17) is 4.52 Å². The molecule has 3 atom stereocenters. The average molecular weight is 299 g/mol. The van der Waals surface area contributed by atoms with Gasteiger partial charge in [-0.05, 0) is 31.9 Å². The van der Waals surface area contributed by atoms with Crippen molar-refractivity contribution in [3.63, 3.8) is 0 Å². The van der Waals surface area contributed by atoms with Gasteiger partial charge in [0, 0.05) is 12.6 Å². The molecule has 3 unspecified atom stereocenters. The maximum Gasteiger partial charge on any atom is 0.180 e. The monoisotopic (exact) mass is 299 g/mol. The molecule has 0 N–H and O–H groups in total. The van der Waals surface area contributed by atoms with E-state index in [9.17, 15) is 8.42 Å². The molecule has 104 valence electrons. The summed E-state index contributed by atoms with van der Waals surface area (Å²) in [5.74, 6) is 0.101. The fourth-order valence-electron chi connectivity index (χ4n) is 2.71. The van der Waals surface area contributed by atoms with Gasteiger partial charge in [-0.15, -0.1) is 0 Å². The number of hydrogen-bond donors (Lipinski definition) is 0. The van der Waals surface area contributed by atoms with Crippen LogP contribution in [0.2, 0.25) is 0 Å². The molecule has 0 spiro atoms. The van der Waals surface area contributed by atoms with E-state index in [1.54, 1.807) is 12.1 Å². The highest BCUT2D eigenvalue weighted by molar-refractivity contribution is 7.91. The Kier molecular flexibility index (Phi) is 3.65. The van der Waals surface area contributed by atoms with Crippen LogP contribution in [-0.4, -0.2) is 37.5 Å². The summed E-state index contributed by atoms with van der Waals surface area (Å²) < 4.78 is 32.7. The zero-order valence-electron chi connectivity index (χ0n) is 10.9. The van der Waals surface area contributed by atoms with Gasteiger partial charge in [-0.2, -0.15) is 0 Å². The molecule has 0 bridgehead atoms. The maximum absolute atomic E-state index is 12.4. The molecule has 2 saturated heterocycles. The van der Waals surface area contributed by atoms with Crippen molar-refractivity contribution in [2.75, 3.05) is 12.3 Å². The Morgan fingerprint density at radius 1 is 1.37 bits per heavy atom. The summed E-state index contributed by atoms with van der Waals surface area (Å²) in [4.78, 5) is 0.404. The molecule has 0 aromatic heterocycles. The van der Waals surface area contributed by atoms with Crippen molar-refractivity contribution >= 4 is 18.8 Å². The van der Waals surface area contributed by atoms with Gasteiger partial charge in [0.2, 0.25) is 0 Å². The predicted molar refractivity (Wildman–Crippen MR) is 76.1 cm³/mol. The van der Waals surface area contributed by atoms with Crippen LogP contribution in [0.4, 0.5) is 0 Å². The Morgan fingerprint density at radius 3 is 2.84 bits per heavy atom.